The number of halogens is 2. The molecular formula is C20H39Cl2N2O2Ti. The van der Waals surface area contributed by atoms with Gasteiger partial charge in [-0.05, 0) is 50.4 Å². The van der Waals surface area contributed by atoms with Crippen molar-refractivity contribution in [3.8, 4) is 0 Å². The van der Waals surface area contributed by atoms with Crippen LogP contribution in [0.15, 0.2) is 0 Å². The molecule has 7 heteroatoms. The first-order chi connectivity index (χ1) is 11.4. The molecule has 0 aliphatic heterocycles. The van der Waals surface area contributed by atoms with Crippen LogP contribution in [0.3, 0.4) is 0 Å². The molecule has 0 spiro atoms. The molecule has 1 aliphatic rings. The summed E-state index contributed by atoms with van der Waals surface area (Å²) >= 11 is 0. The first kappa shape index (κ1) is 34.7. The molecule has 0 heterocycles. The fraction of sp³-hybridized carbons (Fsp3) is 0.900. The van der Waals surface area contributed by atoms with Gasteiger partial charge in [0.15, 0.2) is 0 Å². The van der Waals surface area contributed by atoms with Crippen LogP contribution in [0.25, 0.3) is 5.73 Å². The summed E-state index contributed by atoms with van der Waals surface area (Å²) in [6, 6.07) is 0.441. The van der Waals surface area contributed by atoms with Gasteiger partial charge in [-0.3, -0.25) is 4.79 Å². The SMILES string of the molecule is CCCC(=O)NC1CCCC(CCC)(CCC)C1.CCCC([NH-])=O.[Cl-].[Cl-].[Ti+3]. The third-order valence-electron chi connectivity index (χ3n) is 4.82. The van der Waals surface area contributed by atoms with E-state index in [1.54, 1.807) is 0 Å². The average Bonchev–Trinajstić information content (AvgIpc) is 2.48. The summed E-state index contributed by atoms with van der Waals surface area (Å²) in [6.07, 6.45) is 13.1. The van der Waals surface area contributed by atoms with Gasteiger partial charge >= 0.3 is 21.7 Å². The van der Waals surface area contributed by atoms with E-state index < -0.39 is 5.91 Å². The predicted molar refractivity (Wildman–Crippen MR) is 102 cm³/mol. The monoisotopic (exact) mass is 457 g/mol. The van der Waals surface area contributed by atoms with E-state index in [4.69, 9.17) is 5.73 Å². The summed E-state index contributed by atoms with van der Waals surface area (Å²) in [7, 11) is 0. The Kier molecular flexibility index (Phi) is 26.9. The largest absolute Gasteiger partial charge is 3.00 e. The minimum absolute atomic E-state index is 0. The number of hydrogen-bond acceptors (Lipinski definition) is 2. The molecule has 159 valence electrons. The Balaban J connectivity index is -0.000000257. The Bertz CT molecular complexity index is 360. The zero-order chi connectivity index (χ0) is 18.4. The van der Waals surface area contributed by atoms with E-state index in [0.29, 0.717) is 24.3 Å². The number of amides is 2. The Morgan fingerprint density at radius 1 is 0.963 bits per heavy atom. The number of nitrogens with one attached hydrogen (secondary N) is 2. The molecule has 4 nitrogen and oxygen atoms in total. The van der Waals surface area contributed by atoms with Crippen LogP contribution in [0, 0.1) is 5.41 Å². The zero-order valence-corrected chi connectivity index (χ0v) is 20.7. The molecule has 1 rings (SSSR count). The smallest absolute Gasteiger partial charge is 1.00 e. The molecule has 2 N–H and O–H groups in total. The normalized spacial score (nSPS) is 17.0. The molecule has 1 fully saturated rings. The van der Waals surface area contributed by atoms with Gasteiger partial charge in [-0.15, -0.1) is 0 Å². The van der Waals surface area contributed by atoms with Crippen molar-refractivity contribution in [1.82, 2.24) is 5.32 Å². The number of rotatable bonds is 9. The van der Waals surface area contributed by atoms with Crippen molar-refractivity contribution < 1.29 is 56.1 Å². The van der Waals surface area contributed by atoms with Crippen molar-refractivity contribution in [2.45, 2.75) is 111 Å². The fourth-order valence-corrected chi connectivity index (χ4v) is 3.97. The maximum absolute atomic E-state index is 11.7. The molecular weight excluding hydrogens is 419 g/mol. The number of carbonyl (C=O) groups excluding carboxylic acids is 2. The van der Waals surface area contributed by atoms with Crippen molar-refractivity contribution in [2.75, 3.05) is 0 Å². The van der Waals surface area contributed by atoms with Gasteiger partial charge < -0.3 is 40.7 Å². The van der Waals surface area contributed by atoms with E-state index in [1.807, 2.05) is 6.92 Å². The molecule has 0 saturated heterocycles. The van der Waals surface area contributed by atoms with Crippen molar-refractivity contribution in [3.05, 3.63) is 5.73 Å². The van der Waals surface area contributed by atoms with Crippen LogP contribution in [-0.4, -0.2) is 17.9 Å². The third kappa shape index (κ3) is 16.9. The quantitative estimate of drug-likeness (QED) is 0.487. The standard InChI is InChI=1S/C16H31NO.C4H9NO.2ClH.Ti/c1-4-8-15(18)17-14-9-7-12-16(13-14,10-5-2)11-6-3;1-2-3-4(5)6;;;/h14H,4-13H2,1-3H3,(H,17,18);2-3H2,1H3,(H2,5,6);2*1H;/q;;;;+3/p-3. The number of hydrogen-bond donors (Lipinski definition) is 1. The molecule has 0 aromatic heterocycles. The third-order valence-corrected chi connectivity index (χ3v) is 4.82. The minimum atomic E-state index is -0.461. The van der Waals surface area contributed by atoms with E-state index >= 15 is 0 Å². The first-order valence-electron chi connectivity index (χ1n) is 9.96. The van der Waals surface area contributed by atoms with Crippen LogP contribution >= 0.6 is 0 Å². The molecule has 1 atom stereocenters. The maximum Gasteiger partial charge on any atom is 3.00 e. The molecule has 0 aromatic rings. The molecule has 1 saturated carbocycles. The zero-order valence-electron chi connectivity index (χ0n) is 17.6. The first-order valence-corrected chi connectivity index (χ1v) is 9.96. The van der Waals surface area contributed by atoms with Gasteiger partial charge in [-0.25, -0.2) is 0 Å². The van der Waals surface area contributed by atoms with Crippen molar-refractivity contribution in [2.24, 2.45) is 5.41 Å². The van der Waals surface area contributed by atoms with Crippen LogP contribution in [0.5, 0.6) is 0 Å². The summed E-state index contributed by atoms with van der Waals surface area (Å²) in [5.41, 5.74) is 6.86. The van der Waals surface area contributed by atoms with Crippen molar-refractivity contribution >= 4 is 11.8 Å². The molecule has 1 unspecified atom stereocenters. The van der Waals surface area contributed by atoms with Gasteiger partial charge in [0.25, 0.3) is 0 Å². The Labute approximate surface area is 194 Å². The van der Waals surface area contributed by atoms with Crippen molar-refractivity contribution in [3.63, 3.8) is 0 Å². The van der Waals surface area contributed by atoms with Gasteiger partial charge in [0, 0.05) is 18.4 Å². The summed E-state index contributed by atoms with van der Waals surface area (Å²) in [5, 5.41) is 3.25. The van der Waals surface area contributed by atoms with Gasteiger partial charge in [0.2, 0.25) is 5.91 Å². The van der Waals surface area contributed by atoms with Crippen LogP contribution in [-0.2, 0) is 31.3 Å². The maximum atomic E-state index is 11.7. The topological polar surface area (TPSA) is 70.0 Å². The average molecular weight is 458 g/mol. The van der Waals surface area contributed by atoms with E-state index in [1.165, 1.54) is 51.4 Å². The molecule has 1 radical (unpaired) electrons. The van der Waals surface area contributed by atoms with Crippen LogP contribution < -0.4 is 30.1 Å². The van der Waals surface area contributed by atoms with E-state index in [0.717, 1.165) is 12.8 Å². The summed E-state index contributed by atoms with van der Waals surface area (Å²) < 4.78 is 0. The van der Waals surface area contributed by atoms with Crippen LogP contribution in [0.4, 0.5) is 0 Å². The van der Waals surface area contributed by atoms with Gasteiger partial charge in [0.05, 0.1) is 0 Å². The van der Waals surface area contributed by atoms with Gasteiger partial charge in [-0.1, -0.05) is 53.4 Å². The van der Waals surface area contributed by atoms with E-state index in [2.05, 4.69) is 26.1 Å². The van der Waals surface area contributed by atoms with Gasteiger partial charge in [-0.2, -0.15) is 0 Å². The summed E-state index contributed by atoms with van der Waals surface area (Å²) in [6.45, 7) is 8.53. The Hall–Kier alpha value is 0.234. The van der Waals surface area contributed by atoms with Crippen LogP contribution in [0.2, 0.25) is 0 Å². The van der Waals surface area contributed by atoms with Crippen molar-refractivity contribution in [1.29, 1.82) is 0 Å². The Morgan fingerprint density at radius 3 is 1.85 bits per heavy atom. The van der Waals surface area contributed by atoms with Crippen LogP contribution in [0.1, 0.15) is 105 Å². The molecule has 0 aromatic carbocycles. The number of carbonyl (C=O) groups is 2. The summed E-state index contributed by atoms with van der Waals surface area (Å²) in [4.78, 5) is 21.4. The minimum Gasteiger partial charge on any atom is -1.00 e. The molecule has 0 bridgehead atoms. The summed E-state index contributed by atoms with van der Waals surface area (Å²) in [5.74, 6) is -0.205. The second-order valence-electron chi connectivity index (χ2n) is 7.28. The van der Waals surface area contributed by atoms with Gasteiger partial charge in [0.1, 0.15) is 0 Å². The molecule has 2 amide bonds. The second-order valence-corrected chi connectivity index (χ2v) is 7.28. The Morgan fingerprint density at radius 2 is 1.48 bits per heavy atom. The molecule has 27 heavy (non-hydrogen) atoms. The second kappa shape index (κ2) is 21.0. The molecule has 1 aliphatic carbocycles. The van der Waals surface area contributed by atoms with E-state index in [-0.39, 0.29) is 52.4 Å². The van der Waals surface area contributed by atoms with E-state index in [9.17, 15) is 9.59 Å². The fourth-order valence-electron chi connectivity index (χ4n) is 3.97. The predicted octanol–water partition coefficient (Wildman–Crippen LogP) is -0.197.